The number of ether oxygens (including phenoxy) is 1. The van der Waals surface area contributed by atoms with Gasteiger partial charge in [-0.05, 0) is 46.7 Å². The summed E-state index contributed by atoms with van der Waals surface area (Å²) in [7, 11) is 0. The van der Waals surface area contributed by atoms with Gasteiger partial charge in [0.2, 0.25) is 5.16 Å². The third-order valence-corrected chi connectivity index (χ3v) is 4.90. The molecule has 0 aliphatic carbocycles. The maximum atomic E-state index is 10.2. The van der Waals surface area contributed by atoms with E-state index in [2.05, 4.69) is 21.6 Å². The summed E-state index contributed by atoms with van der Waals surface area (Å²) in [6.45, 7) is 2.16. The van der Waals surface area contributed by atoms with Gasteiger partial charge in [-0.15, -0.1) is 5.10 Å². The number of aliphatic hydroxyl groups is 1. The van der Waals surface area contributed by atoms with Gasteiger partial charge in [-0.2, -0.15) is 9.94 Å². The highest BCUT2D eigenvalue weighted by Gasteiger charge is 2.14. The molecule has 2 aromatic carbocycles. The number of aryl methyl sites for hydroxylation is 1. The highest BCUT2D eigenvalue weighted by molar-refractivity contribution is 7.99. The molecular weight excluding hydrogens is 362 g/mol. The van der Waals surface area contributed by atoms with Gasteiger partial charge in [-0.1, -0.05) is 42.1 Å². The predicted octanol–water partition coefficient (Wildman–Crippen LogP) is 2.57. The lowest BCUT2D eigenvalue weighted by Gasteiger charge is -2.12. The summed E-state index contributed by atoms with van der Waals surface area (Å²) in [4.78, 5) is 0. The predicted molar refractivity (Wildman–Crippen MR) is 102 cm³/mol. The molecule has 3 aromatic rings. The van der Waals surface area contributed by atoms with Crippen LogP contribution in [0.1, 0.15) is 11.1 Å². The number of tetrazole rings is 1. The molecule has 0 amide bonds. The molecule has 1 atom stereocenters. The Morgan fingerprint density at radius 1 is 1.22 bits per heavy atom. The van der Waals surface area contributed by atoms with Crippen LogP contribution in [0.25, 0.3) is 5.69 Å². The van der Waals surface area contributed by atoms with Gasteiger partial charge >= 0.3 is 0 Å². The number of hydrogen-bond acceptors (Lipinski definition) is 7. The minimum absolute atomic E-state index is 0.163. The quantitative estimate of drug-likeness (QED) is 0.599. The summed E-state index contributed by atoms with van der Waals surface area (Å²) < 4.78 is 7.27. The van der Waals surface area contributed by atoms with Crippen molar-refractivity contribution < 1.29 is 9.84 Å². The van der Waals surface area contributed by atoms with Gasteiger partial charge < -0.3 is 9.84 Å². The van der Waals surface area contributed by atoms with E-state index in [1.165, 1.54) is 11.8 Å². The molecule has 1 heterocycles. The topological polar surface area (TPSA) is 96.8 Å². The van der Waals surface area contributed by atoms with E-state index < -0.39 is 6.10 Å². The molecule has 138 valence electrons. The monoisotopic (exact) mass is 381 g/mol. The van der Waals surface area contributed by atoms with Crippen molar-refractivity contribution in [3.8, 4) is 17.5 Å². The van der Waals surface area contributed by atoms with E-state index in [4.69, 9.17) is 10.00 Å². The summed E-state index contributed by atoms with van der Waals surface area (Å²) in [5.74, 6) is 1.06. The summed E-state index contributed by atoms with van der Waals surface area (Å²) in [6.07, 6.45) is -0.300. The molecule has 0 aliphatic heterocycles. The summed E-state index contributed by atoms with van der Waals surface area (Å²) >= 11 is 1.37. The van der Waals surface area contributed by atoms with Crippen molar-refractivity contribution >= 4 is 11.8 Å². The van der Waals surface area contributed by atoms with E-state index in [1.54, 1.807) is 16.8 Å². The van der Waals surface area contributed by atoms with Gasteiger partial charge in [-0.3, -0.25) is 0 Å². The molecule has 1 N–H and O–H groups in total. The largest absolute Gasteiger partial charge is 0.491 e. The van der Waals surface area contributed by atoms with Crippen LogP contribution in [0.15, 0.2) is 53.7 Å². The number of aromatic nitrogens is 4. The van der Waals surface area contributed by atoms with Crippen LogP contribution >= 0.6 is 11.8 Å². The Hall–Kier alpha value is -2.89. The summed E-state index contributed by atoms with van der Waals surface area (Å²) in [5.41, 5.74) is 2.91. The zero-order valence-electron chi connectivity index (χ0n) is 14.8. The first-order valence-corrected chi connectivity index (χ1v) is 9.40. The van der Waals surface area contributed by atoms with E-state index in [0.29, 0.717) is 23.1 Å². The number of nitrogens with zero attached hydrogens (tertiary/aromatic N) is 5. The van der Waals surface area contributed by atoms with Crippen molar-refractivity contribution in [3.63, 3.8) is 0 Å². The van der Waals surface area contributed by atoms with E-state index >= 15 is 0 Å². The van der Waals surface area contributed by atoms with E-state index in [-0.39, 0.29) is 6.61 Å². The Balaban J connectivity index is 1.53. The Kier molecular flexibility index (Phi) is 6.41. The van der Waals surface area contributed by atoms with Crippen molar-refractivity contribution in [3.05, 3.63) is 59.7 Å². The minimum atomic E-state index is -0.671. The van der Waals surface area contributed by atoms with Gasteiger partial charge in [0.25, 0.3) is 0 Å². The second-order valence-corrected chi connectivity index (χ2v) is 6.90. The smallest absolute Gasteiger partial charge is 0.214 e. The molecule has 0 spiro atoms. The van der Waals surface area contributed by atoms with Gasteiger partial charge in [0.1, 0.15) is 12.4 Å². The van der Waals surface area contributed by atoms with E-state index in [1.807, 2.05) is 43.3 Å². The lowest BCUT2D eigenvalue weighted by Crippen LogP contribution is -2.20. The molecule has 0 bridgehead atoms. The van der Waals surface area contributed by atoms with Crippen LogP contribution in [0, 0.1) is 18.3 Å². The van der Waals surface area contributed by atoms with Gasteiger partial charge in [0.15, 0.2) is 0 Å². The Morgan fingerprint density at radius 3 is 2.74 bits per heavy atom. The SMILES string of the molecule is Cc1ccccc1-n1nnnc1SC[C@H](O)COc1ccc(CC#N)cc1. The number of rotatable bonds is 8. The molecule has 8 heteroatoms. The van der Waals surface area contributed by atoms with Crippen LogP contribution in [0.2, 0.25) is 0 Å². The van der Waals surface area contributed by atoms with Crippen molar-refractivity contribution in [1.82, 2.24) is 20.2 Å². The highest BCUT2D eigenvalue weighted by atomic mass is 32.2. The summed E-state index contributed by atoms with van der Waals surface area (Å²) in [6, 6.07) is 17.2. The number of aliphatic hydroxyl groups excluding tert-OH is 1. The highest BCUT2D eigenvalue weighted by Crippen LogP contribution is 2.21. The van der Waals surface area contributed by atoms with Crippen molar-refractivity contribution in [2.24, 2.45) is 0 Å². The molecule has 0 radical (unpaired) electrons. The van der Waals surface area contributed by atoms with E-state index in [9.17, 15) is 5.11 Å². The first-order valence-electron chi connectivity index (χ1n) is 8.41. The fourth-order valence-electron chi connectivity index (χ4n) is 2.43. The number of hydrogen-bond donors (Lipinski definition) is 1. The van der Waals surface area contributed by atoms with Crippen molar-refractivity contribution in [2.45, 2.75) is 24.6 Å². The summed E-state index contributed by atoms with van der Waals surface area (Å²) in [5, 5.41) is 31.3. The molecule has 0 aliphatic rings. The third kappa shape index (κ3) is 5.06. The maximum Gasteiger partial charge on any atom is 0.214 e. The van der Waals surface area contributed by atoms with Gasteiger partial charge in [0.05, 0.1) is 24.3 Å². The minimum Gasteiger partial charge on any atom is -0.491 e. The normalized spacial score (nSPS) is 11.7. The Bertz CT molecular complexity index is 920. The molecule has 27 heavy (non-hydrogen) atoms. The molecule has 0 saturated heterocycles. The fourth-order valence-corrected chi connectivity index (χ4v) is 3.22. The third-order valence-electron chi connectivity index (χ3n) is 3.84. The van der Waals surface area contributed by atoms with Crippen LogP contribution in [0.3, 0.4) is 0 Å². The van der Waals surface area contributed by atoms with Crippen molar-refractivity contribution in [2.75, 3.05) is 12.4 Å². The molecule has 7 nitrogen and oxygen atoms in total. The van der Waals surface area contributed by atoms with Gasteiger partial charge in [0, 0.05) is 5.75 Å². The standard InChI is InChI=1S/C19H19N5O2S/c1-14-4-2-3-5-18(14)24-19(21-22-23-24)27-13-16(25)12-26-17-8-6-15(7-9-17)10-11-20/h2-9,16,25H,10,12-13H2,1H3/t16-/m1/s1. The first-order chi connectivity index (χ1) is 13.2. The zero-order valence-corrected chi connectivity index (χ0v) is 15.6. The first kappa shape index (κ1) is 18.9. The number of para-hydroxylation sites is 1. The van der Waals surface area contributed by atoms with Crippen LogP contribution in [-0.2, 0) is 6.42 Å². The molecular formula is C19H19N5O2S. The van der Waals surface area contributed by atoms with Crippen molar-refractivity contribution in [1.29, 1.82) is 5.26 Å². The van der Waals surface area contributed by atoms with E-state index in [0.717, 1.165) is 16.8 Å². The maximum absolute atomic E-state index is 10.2. The van der Waals surface area contributed by atoms with Gasteiger partial charge in [-0.25, -0.2) is 0 Å². The molecule has 0 fully saturated rings. The van der Waals surface area contributed by atoms with Crippen LogP contribution in [0.5, 0.6) is 5.75 Å². The molecule has 0 unspecified atom stereocenters. The number of benzene rings is 2. The average Bonchev–Trinajstić information content (AvgIpc) is 3.15. The zero-order chi connectivity index (χ0) is 19.1. The van der Waals surface area contributed by atoms with Crippen LogP contribution in [0.4, 0.5) is 0 Å². The number of thioether (sulfide) groups is 1. The Morgan fingerprint density at radius 2 is 2.00 bits per heavy atom. The van der Waals surface area contributed by atoms with Crippen LogP contribution < -0.4 is 4.74 Å². The lowest BCUT2D eigenvalue weighted by atomic mass is 10.2. The second kappa shape index (κ2) is 9.16. The molecule has 3 rings (SSSR count). The Labute approximate surface area is 161 Å². The average molecular weight is 381 g/mol. The molecule has 1 aromatic heterocycles. The second-order valence-electron chi connectivity index (χ2n) is 5.91. The van der Waals surface area contributed by atoms with Crippen LogP contribution in [-0.4, -0.2) is 43.8 Å². The number of nitriles is 1. The lowest BCUT2D eigenvalue weighted by molar-refractivity contribution is 0.126. The molecule has 0 saturated carbocycles. The fraction of sp³-hybridized carbons (Fsp3) is 0.263.